The minimum Gasteiger partial charge on any atom is -0.481 e. The lowest BCUT2D eigenvalue weighted by atomic mass is 9.91. The number of piperidine rings is 1. The number of hydrogen-bond donors (Lipinski definition) is 1. The van der Waals surface area contributed by atoms with Gasteiger partial charge in [0.25, 0.3) is 0 Å². The van der Waals surface area contributed by atoms with E-state index in [4.69, 9.17) is 4.98 Å². The Morgan fingerprint density at radius 2 is 1.91 bits per heavy atom. The van der Waals surface area contributed by atoms with E-state index in [0.717, 1.165) is 36.6 Å². The van der Waals surface area contributed by atoms with E-state index in [1.807, 2.05) is 0 Å². The Labute approximate surface area is 132 Å². The molecule has 2 fully saturated rings. The Bertz CT molecular complexity index is 571. The maximum atomic E-state index is 11.2. The van der Waals surface area contributed by atoms with E-state index in [0.29, 0.717) is 0 Å². The van der Waals surface area contributed by atoms with Crippen LogP contribution in [0.4, 0.5) is 5.82 Å². The van der Waals surface area contributed by atoms with E-state index in [-0.39, 0.29) is 17.3 Å². The zero-order chi connectivity index (χ0) is 15.9. The SMILES string of the molecule is CC(C)(C)c1ccc(C2CC2C(=O)O)c(N2CCCCC2)n1. The van der Waals surface area contributed by atoms with Crippen LogP contribution in [0.1, 0.15) is 63.6 Å². The molecule has 120 valence electrons. The average molecular weight is 302 g/mol. The van der Waals surface area contributed by atoms with Crippen molar-refractivity contribution in [3.05, 3.63) is 23.4 Å². The van der Waals surface area contributed by atoms with Crippen molar-refractivity contribution >= 4 is 11.8 Å². The molecular formula is C18H26N2O2. The minimum atomic E-state index is -0.672. The molecule has 2 unspecified atom stereocenters. The van der Waals surface area contributed by atoms with Crippen molar-refractivity contribution in [1.82, 2.24) is 4.98 Å². The summed E-state index contributed by atoms with van der Waals surface area (Å²) in [7, 11) is 0. The highest BCUT2D eigenvalue weighted by Crippen LogP contribution is 2.50. The third-order valence-corrected chi connectivity index (χ3v) is 4.84. The summed E-state index contributed by atoms with van der Waals surface area (Å²) in [6.07, 6.45) is 4.44. The summed E-state index contributed by atoms with van der Waals surface area (Å²) in [5.41, 5.74) is 2.24. The average Bonchev–Trinajstić information content (AvgIpc) is 3.27. The number of anilines is 1. The summed E-state index contributed by atoms with van der Waals surface area (Å²) >= 11 is 0. The smallest absolute Gasteiger partial charge is 0.307 e. The molecule has 1 aliphatic heterocycles. The standard InChI is InChI=1S/C18H26N2O2/c1-18(2,3)15-8-7-12(13-11-14(13)17(21)22)16(19-15)20-9-5-4-6-10-20/h7-8,13-14H,4-6,9-11H2,1-3H3,(H,21,22). The van der Waals surface area contributed by atoms with E-state index in [1.165, 1.54) is 19.3 Å². The molecular weight excluding hydrogens is 276 g/mol. The molecule has 22 heavy (non-hydrogen) atoms. The fraction of sp³-hybridized carbons (Fsp3) is 0.667. The van der Waals surface area contributed by atoms with E-state index in [9.17, 15) is 9.90 Å². The van der Waals surface area contributed by atoms with Gasteiger partial charge in [-0.05, 0) is 37.3 Å². The van der Waals surface area contributed by atoms with Crippen LogP contribution in [0.15, 0.2) is 12.1 Å². The van der Waals surface area contributed by atoms with Crippen LogP contribution in [0.25, 0.3) is 0 Å². The van der Waals surface area contributed by atoms with Crippen molar-refractivity contribution in [2.45, 2.75) is 57.8 Å². The van der Waals surface area contributed by atoms with Crippen molar-refractivity contribution in [1.29, 1.82) is 0 Å². The summed E-state index contributed by atoms with van der Waals surface area (Å²) in [5, 5.41) is 9.24. The van der Waals surface area contributed by atoms with Crippen LogP contribution in [0.3, 0.4) is 0 Å². The Morgan fingerprint density at radius 3 is 2.45 bits per heavy atom. The van der Waals surface area contributed by atoms with Gasteiger partial charge < -0.3 is 10.0 Å². The van der Waals surface area contributed by atoms with Crippen molar-refractivity contribution in [2.24, 2.45) is 5.92 Å². The molecule has 0 spiro atoms. The summed E-state index contributed by atoms with van der Waals surface area (Å²) in [6, 6.07) is 4.21. The van der Waals surface area contributed by atoms with E-state index < -0.39 is 5.97 Å². The number of hydrogen-bond acceptors (Lipinski definition) is 3. The molecule has 0 amide bonds. The molecule has 2 aliphatic rings. The molecule has 0 radical (unpaired) electrons. The molecule has 1 aromatic heterocycles. The van der Waals surface area contributed by atoms with Gasteiger partial charge in [0, 0.05) is 30.1 Å². The number of nitrogens with zero attached hydrogens (tertiary/aromatic N) is 2. The first-order chi connectivity index (χ1) is 10.4. The number of carboxylic acid groups (broad SMARTS) is 1. The van der Waals surface area contributed by atoms with Gasteiger partial charge in [0.1, 0.15) is 5.82 Å². The topological polar surface area (TPSA) is 53.4 Å². The lowest BCUT2D eigenvalue weighted by Crippen LogP contribution is -2.32. The van der Waals surface area contributed by atoms with Crippen LogP contribution >= 0.6 is 0 Å². The Balaban J connectivity index is 1.96. The Hall–Kier alpha value is -1.58. The van der Waals surface area contributed by atoms with Crippen LogP contribution in [0.2, 0.25) is 0 Å². The zero-order valence-electron chi connectivity index (χ0n) is 13.8. The number of rotatable bonds is 3. The molecule has 4 nitrogen and oxygen atoms in total. The second-order valence-corrected chi connectivity index (χ2v) is 7.69. The summed E-state index contributed by atoms with van der Waals surface area (Å²) in [4.78, 5) is 18.5. The molecule has 4 heteroatoms. The van der Waals surface area contributed by atoms with Gasteiger partial charge in [-0.15, -0.1) is 0 Å². The lowest BCUT2D eigenvalue weighted by Gasteiger charge is -2.31. The molecule has 2 heterocycles. The first-order valence-electron chi connectivity index (χ1n) is 8.37. The molecule has 1 N–H and O–H groups in total. The molecule has 1 saturated heterocycles. The van der Waals surface area contributed by atoms with Crippen molar-refractivity contribution in [2.75, 3.05) is 18.0 Å². The van der Waals surface area contributed by atoms with Crippen LogP contribution < -0.4 is 4.90 Å². The van der Waals surface area contributed by atoms with Crippen molar-refractivity contribution in [3.63, 3.8) is 0 Å². The van der Waals surface area contributed by atoms with Gasteiger partial charge in [0.2, 0.25) is 0 Å². The van der Waals surface area contributed by atoms with Gasteiger partial charge in [0.05, 0.1) is 5.92 Å². The molecule has 2 atom stereocenters. The number of pyridine rings is 1. The predicted molar refractivity (Wildman–Crippen MR) is 87.5 cm³/mol. The fourth-order valence-corrected chi connectivity index (χ4v) is 3.34. The molecule has 0 aromatic carbocycles. The molecule has 0 bridgehead atoms. The summed E-state index contributed by atoms with van der Waals surface area (Å²) in [5.74, 6) is 0.303. The highest BCUT2D eigenvalue weighted by molar-refractivity contribution is 5.76. The van der Waals surface area contributed by atoms with Crippen LogP contribution in [0.5, 0.6) is 0 Å². The summed E-state index contributed by atoms with van der Waals surface area (Å²) < 4.78 is 0. The number of aliphatic carboxylic acids is 1. The second kappa shape index (κ2) is 5.56. The Kier molecular flexibility index (Phi) is 3.87. The molecule has 1 aliphatic carbocycles. The number of aromatic nitrogens is 1. The van der Waals surface area contributed by atoms with Gasteiger partial charge in [-0.3, -0.25) is 4.79 Å². The van der Waals surface area contributed by atoms with Gasteiger partial charge in [-0.25, -0.2) is 4.98 Å². The van der Waals surface area contributed by atoms with E-state index in [2.05, 4.69) is 37.8 Å². The largest absolute Gasteiger partial charge is 0.481 e. The van der Waals surface area contributed by atoms with Gasteiger partial charge >= 0.3 is 5.97 Å². The quantitative estimate of drug-likeness (QED) is 0.927. The predicted octanol–water partition coefficient (Wildman–Crippen LogP) is 3.56. The molecule has 3 rings (SSSR count). The van der Waals surface area contributed by atoms with Crippen LogP contribution in [0, 0.1) is 5.92 Å². The highest BCUT2D eigenvalue weighted by Gasteiger charge is 2.46. The third-order valence-electron chi connectivity index (χ3n) is 4.84. The number of carbonyl (C=O) groups is 1. The Morgan fingerprint density at radius 1 is 1.23 bits per heavy atom. The third kappa shape index (κ3) is 2.96. The van der Waals surface area contributed by atoms with Crippen molar-refractivity contribution in [3.8, 4) is 0 Å². The highest BCUT2D eigenvalue weighted by atomic mass is 16.4. The first-order valence-corrected chi connectivity index (χ1v) is 8.37. The summed E-state index contributed by atoms with van der Waals surface area (Å²) in [6.45, 7) is 8.60. The lowest BCUT2D eigenvalue weighted by molar-refractivity contribution is -0.138. The van der Waals surface area contributed by atoms with E-state index in [1.54, 1.807) is 0 Å². The number of carboxylic acids is 1. The molecule has 1 aromatic rings. The normalized spacial score (nSPS) is 25.1. The van der Waals surface area contributed by atoms with Gasteiger partial charge in [-0.1, -0.05) is 26.8 Å². The van der Waals surface area contributed by atoms with Gasteiger partial charge in [0.15, 0.2) is 0 Å². The maximum absolute atomic E-state index is 11.2. The van der Waals surface area contributed by atoms with Gasteiger partial charge in [-0.2, -0.15) is 0 Å². The maximum Gasteiger partial charge on any atom is 0.307 e. The van der Waals surface area contributed by atoms with E-state index >= 15 is 0 Å². The zero-order valence-corrected chi connectivity index (χ0v) is 13.8. The molecule has 1 saturated carbocycles. The monoisotopic (exact) mass is 302 g/mol. The van der Waals surface area contributed by atoms with Crippen LogP contribution in [-0.4, -0.2) is 29.1 Å². The second-order valence-electron chi connectivity index (χ2n) is 7.69. The first kappa shape index (κ1) is 15.3. The minimum absolute atomic E-state index is 0.0127. The van der Waals surface area contributed by atoms with Crippen molar-refractivity contribution < 1.29 is 9.90 Å². The van der Waals surface area contributed by atoms with Crippen LogP contribution in [-0.2, 0) is 10.2 Å². The fourth-order valence-electron chi connectivity index (χ4n) is 3.34.